The molecular formula is C17H21NO. The van der Waals surface area contributed by atoms with Crippen LogP contribution in [0.25, 0.3) is 0 Å². The molecule has 2 aromatic rings. The normalized spacial score (nSPS) is 10.5. The molecule has 0 aliphatic rings. The van der Waals surface area contributed by atoms with Gasteiger partial charge in [-0.1, -0.05) is 18.2 Å². The van der Waals surface area contributed by atoms with Crippen LogP contribution in [0.1, 0.15) is 27.8 Å². The minimum Gasteiger partial charge on any atom is -0.488 e. The van der Waals surface area contributed by atoms with Crippen LogP contribution >= 0.6 is 0 Å². The fraction of sp³-hybridized carbons (Fsp3) is 0.294. The maximum absolute atomic E-state index is 5.95. The van der Waals surface area contributed by atoms with Gasteiger partial charge in [-0.15, -0.1) is 0 Å². The van der Waals surface area contributed by atoms with E-state index in [1.807, 2.05) is 26.0 Å². The molecule has 2 N–H and O–H groups in total. The van der Waals surface area contributed by atoms with Crippen LogP contribution < -0.4 is 10.5 Å². The lowest BCUT2D eigenvalue weighted by Crippen LogP contribution is -2.00. The molecule has 2 rings (SSSR count). The van der Waals surface area contributed by atoms with Gasteiger partial charge in [-0.3, -0.25) is 0 Å². The number of hydrogen-bond acceptors (Lipinski definition) is 2. The summed E-state index contributed by atoms with van der Waals surface area (Å²) in [4.78, 5) is 0. The lowest BCUT2D eigenvalue weighted by atomic mass is 10.1. The van der Waals surface area contributed by atoms with Crippen molar-refractivity contribution in [3.05, 3.63) is 58.1 Å². The van der Waals surface area contributed by atoms with Crippen molar-refractivity contribution in [2.24, 2.45) is 0 Å². The predicted molar refractivity (Wildman–Crippen MR) is 80.6 cm³/mol. The lowest BCUT2D eigenvalue weighted by Gasteiger charge is -2.13. The first-order chi connectivity index (χ1) is 8.97. The third-order valence-electron chi connectivity index (χ3n) is 3.44. The minimum atomic E-state index is 0.590. The smallest absolute Gasteiger partial charge is 0.125 e. The molecule has 2 nitrogen and oxygen atoms in total. The molecule has 0 saturated carbocycles. The Balaban J connectivity index is 2.16. The molecule has 0 bridgehead atoms. The van der Waals surface area contributed by atoms with E-state index in [0.717, 1.165) is 22.6 Å². The SMILES string of the molecule is Cc1ccc(COc2c(C)cc(N)cc2C)cc1C. The number of hydrogen-bond donors (Lipinski definition) is 1. The van der Waals surface area contributed by atoms with E-state index in [9.17, 15) is 0 Å². The van der Waals surface area contributed by atoms with Gasteiger partial charge < -0.3 is 10.5 Å². The van der Waals surface area contributed by atoms with E-state index in [2.05, 4.69) is 32.0 Å². The largest absolute Gasteiger partial charge is 0.488 e. The van der Waals surface area contributed by atoms with Crippen LogP contribution in [0.15, 0.2) is 30.3 Å². The highest BCUT2D eigenvalue weighted by Gasteiger charge is 2.06. The molecule has 0 saturated heterocycles. The Morgan fingerprint density at radius 3 is 2.05 bits per heavy atom. The predicted octanol–water partition coefficient (Wildman–Crippen LogP) is 4.08. The van der Waals surface area contributed by atoms with Gasteiger partial charge in [0.2, 0.25) is 0 Å². The van der Waals surface area contributed by atoms with Crippen molar-refractivity contribution in [1.82, 2.24) is 0 Å². The van der Waals surface area contributed by atoms with Crippen LogP contribution in [-0.4, -0.2) is 0 Å². The molecule has 0 amide bonds. The van der Waals surface area contributed by atoms with Gasteiger partial charge in [0.1, 0.15) is 12.4 Å². The van der Waals surface area contributed by atoms with E-state index < -0.39 is 0 Å². The first-order valence-corrected chi connectivity index (χ1v) is 6.53. The summed E-state index contributed by atoms with van der Waals surface area (Å²) in [6.07, 6.45) is 0. The molecule has 2 heteroatoms. The number of aryl methyl sites for hydroxylation is 4. The molecule has 0 unspecified atom stereocenters. The molecule has 100 valence electrons. The van der Waals surface area contributed by atoms with Gasteiger partial charge >= 0.3 is 0 Å². The minimum absolute atomic E-state index is 0.590. The molecule has 0 fully saturated rings. The number of nitrogens with two attached hydrogens (primary N) is 1. The summed E-state index contributed by atoms with van der Waals surface area (Å²) in [7, 11) is 0. The second-order valence-electron chi connectivity index (χ2n) is 5.19. The zero-order valence-corrected chi connectivity index (χ0v) is 12.1. The van der Waals surface area contributed by atoms with Crippen molar-refractivity contribution in [3.63, 3.8) is 0 Å². The molecule has 0 radical (unpaired) electrons. The van der Waals surface area contributed by atoms with Gasteiger partial charge in [0, 0.05) is 5.69 Å². The fourth-order valence-electron chi connectivity index (χ4n) is 2.26. The number of nitrogen functional groups attached to an aromatic ring is 1. The standard InChI is InChI=1S/C17H21NO/c1-11-5-6-15(7-12(11)2)10-19-17-13(3)8-16(18)9-14(17)4/h5-9H,10,18H2,1-4H3. The highest BCUT2D eigenvalue weighted by molar-refractivity contribution is 5.52. The molecule has 0 aliphatic carbocycles. The second kappa shape index (κ2) is 5.35. The molecule has 19 heavy (non-hydrogen) atoms. The van der Waals surface area contributed by atoms with Crippen molar-refractivity contribution in [2.45, 2.75) is 34.3 Å². The average Bonchev–Trinajstić information content (AvgIpc) is 2.32. The van der Waals surface area contributed by atoms with Gasteiger partial charge in [0.05, 0.1) is 0 Å². The van der Waals surface area contributed by atoms with E-state index in [-0.39, 0.29) is 0 Å². The van der Waals surface area contributed by atoms with Crippen molar-refractivity contribution < 1.29 is 4.74 Å². The van der Waals surface area contributed by atoms with Gasteiger partial charge in [0.15, 0.2) is 0 Å². The first kappa shape index (κ1) is 13.5. The molecule has 0 spiro atoms. The average molecular weight is 255 g/mol. The number of ether oxygens (including phenoxy) is 1. The topological polar surface area (TPSA) is 35.2 Å². The maximum atomic E-state index is 5.95. The van der Waals surface area contributed by atoms with Crippen LogP contribution in [0, 0.1) is 27.7 Å². The summed E-state index contributed by atoms with van der Waals surface area (Å²) >= 11 is 0. The Hall–Kier alpha value is -1.96. The third-order valence-corrected chi connectivity index (χ3v) is 3.44. The summed E-state index contributed by atoms with van der Waals surface area (Å²) in [5.41, 5.74) is 12.6. The lowest BCUT2D eigenvalue weighted by molar-refractivity contribution is 0.302. The zero-order valence-electron chi connectivity index (χ0n) is 12.1. The van der Waals surface area contributed by atoms with Crippen LogP contribution in [0.5, 0.6) is 5.75 Å². The van der Waals surface area contributed by atoms with Crippen LogP contribution in [0.4, 0.5) is 5.69 Å². The molecule has 2 aromatic carbocycles. The molecular weight excluding hydrogens is 234 g/mol. The Kier molecular flexibility index (Phi) is 3.79. The van der Waals surface area contributed by atoms with E-state index in [1.165, 1.54) is 16.7 Å². The summed E-state index contributed by atoms with van der Waals surface area (Å²) in [5.74, 6) is 0.937. The van der Waals surface area contributed by atoms with E-state index >= 15 is 0 Å². The number of anilines is 1. The van der Waals surface area contributed by atoms with Crippen LogP contribution in [0.2, 0.25) is 0 Å². The van der Waals surface area contributed by atoms with Gasteiger partial charge in [-0.2, -0.15) is 0 Å². The van der Waals surface area contributed by atoms with Crippen molar-refractivity contribution >= 4 is 5.69 Å². The summed E-state index contributed by atoms with van der Waals surface area (Å²) in [5, 5.41) is 0. The molecule has 0 aliphatic heterocycles. The third kappa shape index (κ3) is 3.08. The summed E-state index contributed by atoms with van der Waals surface area (Å²) in [6, 6.07) is 10.3. The molecule has 0 atom stereocenters. The van der Waals surface area contributed by atoms with Crippen molar-refractivity contribution in [2.75, 3.05) is 5.73 Å². The Labute approximate surface area is 115 Å². The fourth-order valence-corrected chi connectivity index (χ4v) is 2.26. The van der Waals surface area contributed by atoms with Crippen molar-refractivity contribution in [1.29, 1.82) is 0 Å². The van der Waals surface area contributed by atoms with Crippen LogP contribution in [0.3, 0.4) is 0 Å². The van der Waals surface area contributed by atoms with Crippen LogP contribution in [-0.2, 0) is 6.61 Å². The maximum Gasteiger partial charge on any atom is 0.125 e. The van der Waals surface area contributed by atoms with E-state index in [4.69, 9.17) is 10.5 Å². The van der Waals surface area contributed by atoms with Gasteiger partial charge in [-0.25, -0.2) is 0 Å². The summed E-state index contributed by atoms with van der Waals surface area (Å²) in [6.45, 7) is 8.89. The Morgan fingerprint density at radius 1 is 0.842 bits per heavy atom. The van der Waals surface area contributed by atoms with E-state index in [0.29, 0.717) is 6.61 Å². The molecule has 0 heterocycles. The number of rotatable bonds is 3. The van der Waals surface area contributed by atoms with Crippen molar-refractivity contribution in [3.8, 4) is 5.75 Å². The Morgan fingerprint density at radius 2 is 1.47 bits per heavy atom. The number of benzene rings is 2. The van der Waals surface area contributed by atoms with E-state index in [1.54, 1.807) is 0 Å². The first-order valence-electron chi connectivity index (χ1n) is 6.53. The highest BCUT2D eigenvalue weighted by atomic mass is 16.5. The zero-order chi connectivity index (χ0) is 14.0. The monoisotopic (exact) mass is 255 g/mol. The molecule has 0 aromatic heterocycles. The van der Waals surface area contributed by atoms with Gasteiger partial charge in [-0.05, 0) is 67.6 Å². The second-order valence-corrected chi connectivity index (χ2v) is 5.19. The quantitative estimate of drug-likeness (QED) is 0.839. The van der Waals surface area contributed by atoms with Gasteiger partial charge in [0.25, 0.3) is 0 Å². The highest BCUT2D eigenvalue weighted by Crippen LogP contribution is 2.26. The Bertz CT molecular complexity index is 579. The summed E-state index contributed by atoms with van der Waals surface area (Å²) < 4.78 is 5.95.